The second-order valence-electron chi connectivity index (χ2n) is 6.03. The van der Waals surface area contributed by atoms with Crippen LogP contribution in [0.1, 0.15) is 19.8 Å². The highest BCUT2D eigenvalue weighted by molar-refractivity contribution is 6.01. The first kappa shape index (κ1) is 19.4. The minimum Gasteiger partial charge on any atom is -0.550 e. The molecule has 0 unspecified atom stereocenters. The molecule has 2 N–H and O–H groups in total. The van der Waals surface area contributed by atoms with Crippen molar-refractivity contribution >= 4 is 29.4 Å². The van der Waals surface area contributed by atoms with Gasteiger partial charge in [0.15, 0.2) is 0 Å². The van der Waals surface area contributed by atoms with Gasteiger partial charge in [0.2, 0.25) is 17.7 Å². The molecule has 1 fully saturated rings. The average molecular weight is 364 g/mol. The SMILES string of the molecule is C[C@H](NC(=O)[C@H]1CC(=O)N(c2ccc(F)cc2)C1)C(=O)NCCC(=O)[O-]. The molecule has 1 heterocycles. The molecule has 2 rings (SSSR count). The molecule has 3 amide bonds. The maximum Gasteiger partial charge on any atom is 0.242 e. The van der Waals surface area contributed by atoms with Crippen LogP contribution in [0, 0.1) is 11.7 Å². The third-order valence-electron chi connectivity index (χ3n) is 4.01. The highest BCUT2D eigenvalue weighted by atomic mass is 19.1. The summed E-state index contributed by atoms with van der Waals surface area (Å²) in [5.41, 5.74) is 0.500. The van der Waals surface area contributed by atoms with Crippen LogP contribution in [0.3, 0.4) is 0 Å². The number of rotatable bonds is 7. The van der Waals surface area contributed by atoms with Crippen molar-refractivity contribution in [2.24, 2.45) is 5.92 Å². The normalized spacial score (nSPS) is 17.7. The Morgan fingerprint density at radius 1 is 1.31 bits per heavy atom. The van der Waals surface area contributed by atoms with Crippen LogP contribution in [0.5, 0.6) is 0 Å². The van der Waals surface area contributed by atoms with Crippen molar-refractivity contribution in [1.29, 1.82) is 0 Å². The standard InChI is InChI=1S/C17H20FN3O5/c1-10(16(25)19-7-6-15(23)24)20-17(26)11-8-14(22)21(9-11)13-4-2-12(18)3-5-13/h2-5,10-11H,6-9H2,1H3,(H,19,25)(H,20,26)(H,23,24)/p-1/t10-,11-/m0/s1. The van der Waals surface area contributed by atoms with Gasteiger partial charge in [-0.2, -0.15) is 0 Å². The minimum absolute atomic E-state index is 0.0117. The molecule has 1 aromatic rings. The fourth-order valence-electron chi connectivity index (χ4n) is 2.59. The number of hydrogen-bond acceptors (Lipinski definition) is 5. The van der Waals surface area contributed by atoms with E-state index in [1.165, 1.54) is 36.1 Å². The number of aliphatic carboxylic acids is 1. The van der Waals surface area contributed by atoms with Gasteiger partial charge in [-0.25, -0.2) is 4.39 Å². The topological polar surface area (TPSA) is 119 Å². The molecular formula is C17H19FN3O5-. The first-order valence-corrected chi connectivity index (χ1v) is 8.11. The number of nitrogens with zero attached hydrogens (tertiary/aromatic N) is 1. The Hall–Kier alpha value is -2.97. The number of carboxylic acid groups (broad SMARTS) is 1. The van der Waals surface area contributed by atoms with Crippen molar-refractivity contribution in [3.05, 3.63) is 30.1 Å². The van der Waals surface area contributed by atoms with Crippen molar-refractivity contribution < 1.29 is 28.7 Å². The number of anilines is 1. The molecule has 1 aliphatic rings. The maximum absolute atomic E-state index is 13.0. The van der Waals surface area contributed by atoms with Gasteiger partial charge in [0.05, 0.1) is 5.92 Å². The number of carboxylic acids is 1. The molecule has 0 aliphatic carbocycles. The molecule has 0 saturated carbocycles. The molecule has 0 spiro atoms. The molecule has 9 heteroatoms. The summed E-state index contributed by atoms with van der Waals surface area (Å²) in [5, 5.41) is 15.2. The molecular weight excluding hydrogens is 345 g/mol. The zero-order chi connectivity index (χ0) is 19.3. The smallest absolute Gasteiger partial charge is 0.242 e. The van der Waals surface area contributed by atoms with E-state index in [9.17, 15) is 28.7 Å². The van der Waals surface area contributed by atoms with Crippen molar-refractivity contribution in [3.63, 3.8) is 0 Å². The maximum atomic E-state index is 13.0. The minimum atomic E-state index is -1.28. The molecule has 1 aromatic carbocycles. The molecule has 1 aliphatic heterocycles. The van der Waals surface area contributed by atoms with E-state index in [0.717, 1.165) is 0 Å². The van der Waals surface area contributed by atoms with Crippen LogP contribution in [0.15, 0.2) is 24.3 Å². The summed E-state index contributed by atoms with van der Waals surface area (Å²) in [6, 6.07) is 4.51. The molecule has 0 bridgehead atoms. The highest BCUT2D eigenvalue weighted by Gasteiger charge is 2.36. The van der Waals surface area contributed by atoms with Crippen LogP contribution in [-0.4, -0.2) is 42.8 Å². The van der Waals surface area contributed by atoms with E-state index in [4.69, 9.17) is 0 Å². The predicted octanol–water partition coefficient (Wildman–Crippen LogP) is -1.06. The molecule has 140 valence electrons. The zero-order valence-electron chi connectivity index (χ0n) is 14.2. The molecule has 1 saturated heterocycles. The Morgan fingerprint density at radius 2 is 1.96 bits per heavy atom. The first-order chi connectivity index (χ1) is 12.3. The summed E-state index contributed by atoms with van der Waals surface area (Å²) in [6.07, 6.45) is -0.335. The summed E-state index contributed by atoms with van der Waals surface area (Å²) in [4.78, 5) is 47.9. The number of carbonyl (C=O) groups is 4. The summed E-state index contributed by atoms with van der Waals surface area (Å²) in [6.45, 7) is 1.50. The number of carbonyl (C=O) groups excluding carboxylic acids is 4. The summed E-state index contributed by atoms with van der Waals surface area (Å²) >= 11 is 0. The van der Waals surface area contributed by atoms with Crippen molar-refractivity contribution in [2.75, 3.05) is 18.0 Å². The number of benzene rings is 1. The van der Waals surface area contributed by atoms with Crippen LogP contribution in [0.25, 0.3) is 0 Å². The van der Waals surface area contributed by atoms with Crippen LogP contribution in [0.2, 0.25) is 0 Å². The Labute approximate surface area is 149 Å². The second kappa shape index (κ2) is 8.41. The quantitative estimate of drug-likeness (QED) is 0.639. The lowest BCUT2D eigenvalue weighted by molar-refractivity contribution is -0.305. The molecule has 8 nitrogen and oxygen atoms in total. The lowest BCUT2D eigenvalue weighted by Crippen LogP contribution is -2.47. The van der Waals surface area contributed by atoms with E-state index in [0.29, 0.717) is 5.69 Å². The molecule has 26 heavy (non-hydrogen) atoms. The van der Waals surface area contributed by atoms with E-state index in [2.05, 4.69) is 10.6 Å². The summed E-state index contributed by atoms with van der Waals surface area (Å²) in [5.74, 6) is -3.58. The second-order valence-corrected chi connectivity index (χ2v) is 6.03. The molecule has 0 radical (unpaired) electrons. The largest absolute Gasteiger partial charge is 0.550 e. The van der Waals surface area contributed by atoms with E-state index >= 15 is 0 Å². The van der Waals surface area contributed by atoms with Crippen molar-refractivity contribution in [1.82, 2.24) is 10.6 Å². The van der Waals surface area contributed by atoms with Gasteiger partial charge in [-0.3, -0.25) is 14.4 Å². The van der Waals surface area contributed by atoms with Crippen molar-refractivity contribution in [2.45, 2.75) is 25.8 Å². The van der Waals surface area contributed by atoms with E-state index in [-0.39, 0.29) is 31.8 Å². The molecule has 2 atom stereocenters. The van der Waals surface area contributed by atoms with Crippen molar-refractivity contribution in [3.8, 4) is 0 Å². The van der Waals surface area contributed by atoms with Gasteiger partial charge in [-0.05, 0) is 31.2 Å². The first-order valence-electron chi connectivity index (χ1n) is 8.11. The monoisotopic (exact) mass is 364 g/mol. The Bertz CT molecular complexity index is 707. The van der Waals surface area contributed by atoms with E-state index in [1.807, 2.05) is 0 Å². The Kier molecular flexibility index (Phi) is 6.26. The van der Waals surface area contributed by atoms with Crippen LogP contribution in [0.4, 0.5) is 10.1 Å². The van der Waals surface area contributed by atoms with E-state index in [1.54, 1.807) is 0 Å². The van der Waals surface area contributed by atoms with Gasteiger partial charge in [0, 0.05) is 37.6 Å². The predicted molar refractivity (Wildman–Crippen MR) is 87.1 cm³/mol. The van der Waals surface area contributed by atoms with E-state index < -0.39 is 35.6 Å². The lowest BCUT2D eigenvalue weighted by atomic mass is 10.1. The Balaban J connectivity index is 1.88. The third-order valence-corrected chi connectivity index (χ3v) is 4.01. The van der Waals surface area contributed by atoms with Gasteiger partial charge in [-0.1, -0.05) is 0 Å². The van der Waals surface area contributed by atoms with Gasteiger partial charge in [0.1, 0.15) is 11.9 Å². The van der Waals surface area contributed by atoms with Gasteiger partial charge in [0.25, 0.3) is 0 Å². The number of amides is 3. The fourth-order valence-corrected chi connectivity index (χ4v) is 2.59. The third kappa shape index (κ3) is 5.01. The number of nitrogens with one attached hydrogen (secondary N) is 2. The Morgan fingerprint density at radius 3 is 2.58 bits per heavy atom. The van der Waals surface area contributed by atoms with Crippen LogP contribution < -0.4 is 20.6 Å². The average Bonchev–Trinajstić information content (AvgIpc) is 2.97. The van der Waals surface area contributed by atoms with Crippen LogP contribution in [-0.2, 0) is 19.2 Å². The van der Waals surface area contributed by atoms with Crippen LogP contribution >= 0.6 is 0 Å². The van der Waals surface area contributed by atoms with Gasteiger partial charge in [-0.15, -0.1) is 0 Å². The number of halogens is 1. The van der Waals surface area contributed by atoms with Gasteiger partial charge < -0.3 is 25.4 Å². The summed E-state index contributed by atoms with van der Waals surface area (Å²) < 4.78 is 13.0. The fraction of sp³-hybridized carbons (Fsp3) is 0.412. The van der Waals surface area contributed by atoms with Gasteiger partial charge >= 0.3 is 0 Å². The summed E-state index contributed by atoms with van der Waals surface area (Å²) in [7, 11) is 0. The zero-order valence-corrected chi connectivity index (χ0v) is 14.2. The molecule has 0 aromatic heterocycles. The highest BCUT2D eigenvalue weighted by Crippen LogP contribution is 2.25. The number of hydrogen-bond donors (Lipinski definition) is 2. The lowest BCUT2D eigenvalue weighted by Gasteiger charge is -2.18.